The second-order valence-electron chi connectivity index (χ2n) is 7.14. The van der Waals surface area contributed by atoms with E-state index in [0.29, 0.717) is 5.92 Å². The smallest absolute Gasteiger partial charge is 0.136 e. The van der Waals surface area contributed by atoms with Gasteiger partial charge in [-0.1, -0.05) is 6.42 Å². The molecule has 3 aliphatic carbocycles. The lowest BCUT2D eigenvalue weighted by atomic mass is 9.88. The van der Waals surface area contributed by atoms with E-state index in [1.54, 1.807) is 0 Å². The molecule has 3 atom stereocenters. The first-order valence-electron chi connectivity index (χ1n) is 8.37. The van der Waals surface area contributed by atoms with Crippen LogP contribution in [0.1, 0.15) is 60.7 Å². The summed E-state index contributed by atoms with van der Waals surface area (Å²) in [4.78, 5) is 12.4. The quantitative estimate of drug-likeness (QED) is 0.864. The molecule has 2 fully saturated rings. The van der Waals surface area contributed by atoms with Crippen LogP contribution in [0.5, 0.6) is 0 Å². The van der Waals surface area contributed by atoms with Crippen LogP contribution in [0.2, 0.25) is 0 Å². The number of hydrogen-bond donors (Lipinski definition) is 1. The van der Waals surface area contributed by atoms with Crippen LogP contribution in [-0.4, -0.2) is 9.97 Å². The Bertz CT molecular complexity index is 720. The summed E-state index contributed by atoms with van der Waals surface area (Å²) in [6.07, 6.45) is 10.5. The maximum atomic E-state index is 6.35. The first kappa shape index (κ1) is 12.4. The number of aromatic nitrogens is 2. The number of nitrogens with two attached hydrogens (primary N) is 1. The lowest BCUT2D eigenvalue weighted by Gasteiger charge is -2.20. The molecule has 2 saturated carbocycles. The van der Waals surface area contributed by atoms with Crippen molar-refractivity contribution < 1.29 is 0 Å². The molecule has 2 N–H and O–H groups in total. The Balaban J connectivity index is 1.63. The van der Waals surface area contributed by atoms with Gasteiger partial charge in [0.05, 0.1) is 5.39 Å². The molecule has 3 aliphatic rings. The standard InChI is InChI=1S/C17H21N3S/c18-15-14-11-3-1-2-4-13(11)21-17(14)20-16(19-15)12-8-9-5-6-10(12)7-9/h9-10,12H,1-8H2,(H2,18,19,20). The van der Waals surface area contributed by atoms with Gasteiger partial charge in [-0.15, -0.1) is 11.3 Å². The van der Waals surface area contributed by atoms with Gasteiger partial charge in [-0.25, -0.2) is 9.97 Å². The molecule has 2 bridgehead atoms. The van der Waals surface area contributed by atoms with Crippen molar-refractivity contribution in [2.24, 2.45) is 11.8 Å². The predicted octanol–water partition coefficient (Wildman–Crippen LogP) is 4.06. The van der Waals surface area contributed by atoms with Gasteiger partial charge in [0, 0.05) is 10.8 Å². The fraction of sp³-hybridized carbons (Fsp3) is 0.647. The van der Waals surface area contributed by atoms with Crippen molar-refractivity contribution in [1.82, 2.24) is 9.97 Å². The van der Waals surface area contributed by atoms with E-state index >= 15 is 0 Å². The van der Waals surface area contributed by atoms with E-state index in [9.17, 15) is 0 Å². The molecule has 3 nitrogen and oxygen atoms in total. The summed E-state index contributed by atoms with van der Waals surface area (Å²) in [5, 5.41) is 1.18. The first-order valence-corrected chi connectivity index (χ1v) is 9.19. The van der Waals surface area contributed by atoms with Crippen molar-refractivity contribution in [3.63, 3.8) is 0 Å². The van der Waals surface area contributed by atoms with Gasteiger partial charge in [-0.05, 0) is 62.3 Å². The van der Waals surface area contributed by atoms with E-state index in [1.165, 1.54) is 60.8 Å². The van der Waals surface area contributed by atoms with Crippen LogP contribution in [0.3, 0.4) is 0 Å². The Morgan fingerprint density at radius 3 is 2.76 bits per heavy atom. The van der Waals surface area contributed by atoms with E-state index in [-0.39, 0.29) is 0 Å². The number of nitrogens with zero attached hydrogens (tertiary/aromatic N) is 2. The number of anilines is 1. The molecule has 2 aromatic rings. The minimum absolute atomic E-state index is 0.578. The maximum absolute atomic E-state index is 6.35. The maximum Gasteiger partial charge on any atom is 0.136 e. The fourth-order valence-electron chi connectivity index (χ4n) is 4.93. The highest BCUT2D eigenvalue weighted by Crippen LogP contribution is 2.52. The number of nitrogen functional groups attached to an aromatic ring is 1. The number of aryl methyl sites for hydroxylation is 2. The minimum Gasteiger partial charge on any atom is -0.383 e. The third kappa shape index (κ3) is 1.78. The van der Waals surface area contributed by atoms with E-state index in [2.05, 4.69) is 0 Å². The third-order valence-corrected chi connectivity index (χ3v) is 7.12. The summed E-state index contributed by atoms with van der Waals surface area (Å²) in [6, 6.07) is 0. The van der Waals surface area contributed by atoms with Gasteiger partial charge in [0.2, 0.25) is 0 Å². The van der Waals surface area contributed by atoms with Crippen LogP contribution in [0.25, 0.3) is 10.2 Å². The highest BCUT2D eigenvalue weighted by molar-refractivity contribution is 7.19. The molecule has 0 radical (unpaired) electrons. The van der Waals surface area contributed by atoms with E-state index in [4.69, 9.17) is 15.7 Å². The first-order chi connectivity index (χ1) is 10.3. The van der Waals surface area contributed by atoms with Crippen molar-refractivity contribution in [2.75, 3.05) is 5.73 Å². The summed E-state index contributed by atoms with van der Waals surface area (Å²) in [5.41, 5.74) is 7.80. The molecule has 0 saturated heterocycles. The van der Waals surface area contributed by atoms with Gasteiger partial charge in [-0.2, -0.15) is 0 Å². The van der Waals surface area contributed by atoms with Gasteiger partial charge in [0.1, 0.15) is 16.5 Å². The van der Waals surface area contributed by atoms with Crippen molar-refractivity contribution in [3.8, 4) is 0 Å². The Morgan fingerprint density at radius 2 is 1.95 bits per heavy atom. The van der Waals surface area contributed by atoms with Gasteiger partial charge >= 0.3 is 0 Å². The molecule has 21 heavy (non-hydrogen) atoms. The average molecular weight is 299 g/mol. The molecule has 0 aromatic carbocycles. The average Bonchev–Trinajstić information content (AvgIpc) is 3.19. The SMILES string of the molecule is Nc1nc(C2CC3CCC2C3)nc2sc3c(c12)CCCC3. The Morgan fingerprint density at radius 1 is 1.05 bits per heavy atom. The van der Waals surface area contributed by atoms with E-state index in [0.717, 1.165) is 34.7 Å². The molecule has 2 aromatic heterocycles. The Labute approximate surface area is 129 Å². The highest BCUT2D eigenvalue weighted by Gasteiger charge is 2.42. The zero-order valence-electron chi connectivity index (χ0n) is 12.3. The molecule has 0 spiro atoms. The zero-order valence-corrected chi connectivity index (χ0v) is 13.1. The predicted molar refractivity (Wildman–Crippen MR) is 86.7 cm³/mol. The van der Waals surface area contributed by atoms with Crippen LogP contribution in [0.15, 0.2) is 0 Å². The molecule has 2 heterocycles. The van der Waals surface area contributed by atoms with Crippen molar-refractivity contribution in [1.29, 1.82) is 0 Å². The van der Waals surface area contributed by atoms with Gasteiger partial charge in [-0.3, -0.25) is 0 Å². The summed E-state index contributed by atoms with van der Waals surface area (Å²) in [7, 11) is 0. The van der Waals surface area contributed by atoms with Gasteiger partial charge in [0.25, 0.3) is 0 Å². The lowest BCUT2D eigenvalue weighted by molar-refractivity contribution is 0.406. The molecule has 110 valence electrons. The second-order valence-corrected chi connectivity index (χ2v) is 8.22. The number of hydrogen-bond acceptors (Lipinski definition) is 4. The summed E-state index contributed by atoms with van der Waals surface area (Å²) < 4.78 is 0. The zero-order chi connectivity index (χ0) is 14.0. The van der Waals surface area contributed by atoms with E-state index in [1.807, 2.05) is 11.3 Å². The lowest BCUT2D eigenvalue weighted by Crippen LogP contribution is -2.13. The summed E-state index contributed by atoms with van der Waals surface area (Å²) in [5.74, 6) is 4.12. The van der Waals surface area contributed by atoms with Crippen LogP contribution < -0.4 is 5.73 Å². The van der Waals surface area contributed by atoms with Gasteiger partial charge in [0.15, 0.2) is 0 Å². The highest BCUT2D eigenvalue weighted by atomic mass is 32.1. The second kappa shape index (κ2) is 4.42. The van der Waals surface area contributed by atoms with E-state index < -0.39 is 0 Å². The van der Waals surface area contributed by atoms with Crippen molar-refractivity contribution >= 4 is 27.4 Å². The molecular formula is C17H21N3S. The normalized spacial score (nSPS) is 31.0. The number of rotatable bonds is 1. The molecule has 0 amide bonds. The molecule has 5 rings (SSSR count). The van der Waals surface area contributed by atoms with Crippen LogP contribution >= 0.6 is 11.3 Å². The minimum atomic E-state index is 0.578. The summed E-state index contributed by atoms with van der Waals surface area (Å²) >= 11 is 1.88. The monoisotopic (exact) mass is 299 g/mol. The van der Waals surface area contributed by atoms with Crippen LogP contribution in [0, 0.1) is 11.8 Å². The Hall–Kier alpha value is -1.16. The largest absolute Gasteiger partial charge is 0.383 e. The van der Waals surface area contributed by atoms with Gasteiger partial charge < -0.3 is 5.73 Å². The molecular weight excluding hydrogens is 278 g/mol. The van der Waals surface area contributed by atoms with Crippen molar-refractivity contribution in [2.45, 2.75) is 57.3 Å². The van der Waals surface area contributed by atoms with Crippen molar-refractivity contribution in [3.05, 3.63) is 16.3 Å². The molecule has 3 unspecified atom stereocenters. The third-order valence-electron chi connectivity index (χ3n) is 5.93. The topological polar surface area (TPSA) is 51.8 Å². The number of thiophene rings is 1. The fourth-order valence-corrected chi connectivity index (χ4v) is 6.21. The van der Waals surface area contributed by atoms with Crippen LogP contribution in [0.4, 0.5) is 5.82 Å². The molecule has 0 aliphatic heterocycles. The Kier molecular flexibility index (Phi) is 2.61. The summed E-state index contributed by atoms with van der Waals surface area (Å²) in [6.45, 7) is 0. The van der Waals surface area contributed by atoms with Crippen LogP contribution in [-0.2, 0) is 12.8 Å². The molecule has 4 heteroatoms. The number of fused-ring (bicyclic) bond motifs is 5.